The van der Waals surface area contributed by atoms with Gasteiger partial charge in [0.1, 0.15) is 6.04 Å². The Hall–Kier alpha value is -0.990. The second-order valence-electron chi connectivity index (χ2n) is 2.88. The monoisotopic (exact) mass is 155 g/mol. The highest BCUT2D eigenvalue weighted by atomic mass is 16.5. The van der Waals surface area contributed by atoms with Crippen molar-refractivity contribution in [3.05, 3.63) is 11.8 Å². The Morgan fingerprint density at radius 3 is 2.82 bits per heavy atom. The van der Waals surface area contributed by atoms with E-state index in [0.29, 0.717) is 0 Å². The number of carbonyl (C=O) groups is 1. The molecule has 1 aliphatic heterocycles. The minimum atomic E-state index is -0.152. The smallest absolute Gasteiger partial charge is 0.328 e. The summed E-state index contributed by atoms with van der Waals surface area (Å²) in [5.74, 6) is -0.152. The van der Waals surface area contributed by atoms with Crippen molar-refractivity contribution in [1.29, 1.82) is 0 Å². The van der Waals surface area contributed by atoms with E-state index in [1.807, 2.05) is 25.1 Å². The minimum absolute atomic E-state index is 0.0972. The zero-order valence-electron chi connectivity index (χ0n) is 7.13. The first-order chi connectivity index (χ1) is 5.15. The summed E-state index contributed by atoms with van der Waals surface area (Å²) < 4.78 is 4.64. The van der Waals surface area contributed by atoms with Crippen molar-refractivity contribution in [2.45, 2.75) is 19.4 Å². The van der Waals surface area contributed by atoms with Crippen LogP contribution in [0.4, 0.5) is 0 Å². The van der Waals surface area contributed by atoms with Crippen LogP contribution in [0.2, 0.25) is 0 Å². The van der Waals surface area contributed by atoms with Gasteiger partial charge in [0, 0.05) is 13.5 Å². The van der Waals surface area contributed by atoms with Crippen molar-refractivity contribution >= 4 is 5.97 Å². The molecule has 11 heavy (non-hydrogen) atoms. The molecule has 1 heterocycles. The van der Waals surface area contributed by atoms with E-state index in [4.69, 9.17) is 0 Å². The van der Waals surface area contributed by atoms with Gasteiger partial charge in [-0.25, -0.2) is 4.79 Å². The van der Waals surface area contributed by atoms with Gasteiger partial charge in [-0.1, -0.05) is 5.57 Å². The van der Waals surface area contributed by atoms with Crippen molar-refractivity contribution in [1.82, 2.24) is 4.90 Å². The van der Waals surface area contributed by atoms with Crippen molar-refractivity contribution in [3.63, 3.8) is 0 Å². The molecular weight excluding hydrogens is 142 g/mol. The molecule has 0 saturated carbocycles. The maximum atomic E-state index is 11.1. The molecule has 0 fully saturated rings. The number of carbonyl (C=O) groups excluding carboxylic acids is 1. The average Bonchev–Trinajstić information content (AvgIpc) is 2.28. The van der Waals surface area contributed by atoms with Gasteiger partial charge >= 0.3 is 5.97 Å². The normalized spacial score (nSPS) is 23.4. The van der Waals surface area contributed by atoms with E-state index in [9.17, 15) is 4.79 Å². The SMILES string of the molecule is COC(=O)[C@@H]1CC(C)=CN1C. The number of ether oxygens (including phenoxy) is 1. The second-order valence-corrected chi connectivity index (χ2v) is 2.88. The van der Waals surface area contributed by atoms with E-state index in [2.05, 4.69) is 4.74 Å². The Labute approximate surface area is 66.6 Å². The lowest BCUT2D eigenvalue weighted by molar-refractivity contribution is -0.145. The Balaban J connectivity index is 2.59. The fraction of sp³-hybridized carbons (Fsp3) is 0.625. The minimum Gasteiger partial charge on any atom is -0.467 e. The lowest BCUT2D eigenvalue weighted by Gasteiger charge is -2.17. The molecule has 0 aliphatic carbocycles. The van der Waals surface area contributed by atoms with Gasteiger partial charge in [0.05, 0.1) is 7.11 Å². The summed E-state index contributed by atoms with van der Waals surface area (Å²) in [6.45, 7) is 2.01. The maximum Gasteiger partial charge on any atom is 0.328 e. The zero-order chi connectivity index (χ0) is 8.43. The van der Waals surface area contributed by atoms with Gasteiger partial charge in [-0.15, -0.1) is 0 Å². The third kappa shape index (κ3) is 1.53. The highest BCUT2D eigenvalue weighted by molar-refractivity contribution is 5.76. The van der Waals surface area contributed by atoms with Crippen LogP contribution in [0.3, 0.4) is 0 Å². The Kier molecular flexibility index (Phi) is 2.17. The molecular formula is C8H13NO2. The first-order valence-corrected chi connectivity index (χ1v) is 3.62. The van der Waals surface area contributed by atoms with E-state index in [0.717, 1.165) is 6.42 Å². The summed E-state index contributed by atoms with van der Waals surface area (Å²) in [5.41, 5.74) is 1.22. The molecule has 3 nitrogen and oxygen atoms in total. The molecule has 0 spiro atoms. The van der Waals surface area contributed by atoms with Crippen molar-refractivity contribution in [3.8, 4) is 0 Å². The molecule has 0 amide bonds. The molecule has 62 valence electrons. The average molecular weight is 155 g/mol. The van der Waals surface area contributed by atoms with Crippen LogP contribution in [0.5, 0.6) is 0 Å². The molecule has 1 aliphatic rings. The number of esters is 1. The molecule has 0 N–H and O–H groups in total. The van der Waals surface area contributed by atoms with Crippen LogP contribution in [-0.4, -0.2) is 31.1 Å². The molecule has 0 radical (unpaired) electrons. The number of methoxy groups -OCH3 is 1. The summed E-state index contributed by atoms with van der Waals surface area (Å²) in [4.78, 5) is 13.0. The number of nitrogens with zero attached hydrogens (tertiary/aromatic N) is 1. The number of rotatable bonds is 1. The van der Waals surface area contributed by atoms with E-state index in [1.165, 1.54) is 12.7 Å². The van der Waals surface area contributed by atoms with Crippen LogP contribution in [0, 0.1) is 0 Å². The van der Waals surface area contributed by atoms with Gasteiger partial charge in [-0.05, 0) is 13.1 Å². The van der Waals surface area contributed by atoms with E-state index in [1.54, 1.807) is 0 Å². The Morgan fingerprint density at radius 2 is 2.45 bits per heavy atom. The van der Waals surface area contributed by atoms with Crippen molar-refractivity contribution < 1.29 is 9.53 Å². The number of hydrogen-bond donors (Lipinski definition) is 0. The lowest BCUT2D eigenvalue weighted by Crippen LogP contribution is -2.32. The van der Waals surface area contributed by atoms with Gasteiger partial charge < -0.3 is 9.64 Å². The van der Waals surface area contributed by atoms with Gasteiger partial charge in [0.15, 0.2) is 0 Å². The quantitative estimate of drug-likeness (QED) is 0.524. The van der Waals surface area contributed by atoms with E-state index >= 15 is 0 Å². The predicted octanol–water partition coefficient (Wildman–Crippen LogP) is 0.767. The van der Waals surface area contributed by atoms with E-state index in [-0.39, 0.29) is 12.0 Å². The standard InChI is InChI=1S/C8H13NO2/c1-6-4-7(8(10)11-3)9(2)5-6/h5,7H,4H2,1-3H3/t7-/m0/s1. The molecule has 1 atom stereocenters. The van der Waals surface area contributed by atoms with Crippen LogP contribution in [-0.2, 0) is 9.53 Å². The molecule has 0 aromatic rings. The van der Waals surface area contributed by atoms with Crippen LogP contribution in [0.15, 0.2) is 11.8 Å². The third-order valence-corrected chi connectivity index (χ3v) is 1.90. The first kappa shape index (κ1) is 8.11. The first-order valence-electron chi connectivity index (χ1n) is 3.62. The third-order valence-electron chi connectivity index (χ3n) is 1.90. The van der Waals surface area contributed by atoms with Crippen LogP contribution < -0.4 is 0 Å². The fourth-order valence-electron chi connectivity index (χ4n) is 1.32. The van der Waals surface area contributed by atoms with Crippen LogP contribution >= 0.6 is 0 Å². The van der Waals surface area contributed by atoms with Gasteiger partial charge in [0.2, 0.25) is 0 Å². The predicted molar refractivity (Wildman–Crippen MR) is 41.9 cm³/mol. The van der Waals surface area contributed by atoms with Crippen LogP contribution in [0.1, 0.15) is 13.3 Å². The summed E-state index contributed by atoms with van der Waals surface area (Å²) >= 11 is 0. The Morgan fingerprint density at radius 1 is 1.82 bits per heavy atom. The summed E-state index contributed by atoms with van der Waals surface area (Å²) in [6, 6.07) is -0.0972. The topological polar surface area (TPSA) is 29.5 Å². The van der Waals surface area contributed by atoms with E-state index < -0.39 is 0 Å². The fourth-order valence-corrected chi connectivity index (χ4v) is 1.32. The number of hydrogen-bond acceptors (Lipinski definition) is 3. The second kappa shape index (κ2) is 2.95. The van der Waals surface area contributed by atoms with Crippen molar-refractivity contribution in [2.24, 2.45) is 0 Å². The summed E-state index contributed by atoms with van der Waals surface area (Å²) in [7, 11) is 3.31. The Bertz CT molecular complexity index is 198. The largest absolute Gasteiger partial charge is 0.467 e. The molecule has 1 rings (SSSR count). The van der Waals surface area contributed by atoms with Crippen molar-refractivity contribution in [2.75, 3.05) is 14.2 Å². The molecule has 0 aromatic heterocycles. The summed E-state index contributed by atoms with van der Waals surface area (Å²) in [5, 5.41) is 0. The molecule has 0 aromatic carbocycles. The highest BCUT2D eigenvalue weighted by Gasteiger charge is 2.26. The zero-order valence-corrected chi connectivity index (χ0v) is 7.13. The summed E-state index contributed by atoms with van der Waals surface area (Å²) in [6.07, 6.45) is 2.77. The van der Waals surface area contributed by atoms with Crippen LogP contribution in [0.25, 0.3) is 0 Å². The lowest BCUT2D eigenvalue weighted by atomic mass is 10.1. The molecule has 0 unspecified atom stereocenters. The molecule has 0 saturated heterocycles. The molecule has 3 heteroatoms. The van der Waals surface area contributed by atoms with Gasteiger partial charge in [0.25, 0.3) is 0 Å². The van der Waals surface area contributed by atoms with Gasteiger partial charge in [-0.2, -0.15) is 0 Å². The molecule has 0 bridgehead atoms. The van der Waals surface area contributed by atoms with Gasteiger partial charge in [-0.3, -0.25) is 0 Å². The highest BCUT2D eigenvalue weighted by Crippen LogP contribution is 2.19. The maximum absolute atomic E-state index is 11.1. The number of likely N-dealkylation sites (N-methyl/N-ethyl adjacent to an activating group) is 1.